The Kier molecular flexibility index (Phi) is 11.2. The van der Waals surface area contributed by atoms with E-state index in [-0.39, 0.29) is 36.4 Å². The lowest BCUT2D eigenvalue weighted by Crippen LogP contribution is -2.53. The van der Waals surface area contributed by atoms with Crippen LogP contribution in [-0.4, -0.2) is 52.5 Å². The first-order valence-electron chi connectivity index (χ1n) is 14.2. The van der Waals surface area contributed by atoms with E-state index in [1.165, 1.54) is 36.4 Å². The molecule has 4 aromatic rings. The van der Waals surface area contributed by atoms with Crippen molar-refractivity contribution in [2.24, 2.45) is 0 Å². The average molecular weight is 613 g/mol. The molecule has 0 bridgehead atoms. The molecule has 0 fully saturated rings. The van der Waals surface area contributed by atoms with E-state index in [0.717, 1.165) is 17.7 Å². The Bertz CT molecular complexity index is 1600. The molecule has 4 rings (SSSR count). The van der Waals surface area contributed by atoms with Crippen molar-refractivity contribution in [3.63, 3.8) is 0 Å². The predicted molar refractivity (Wildman–Crippen MR) is 165 cm³/mol. The third-order valence-electron chi connectivity index (χ3n) is 6.87. The van der Waals surface area contributed by atoms with Crippen LogP contribution in [0.4, 0.5) is 4.39 Å². The van der Waals surface area contributed by atoms with Gasteiger partial charge in [-0.2, -0.15) is 0 Å². The third kappa shape index (κ3) is 10.2. The van der Waals surface area contributed by atoms with Crippen LogP contribution in [0.25, 0.3) is 0 Å². The molecule has 0 saturated carbocycles. The van der Waals surface area contributed by atoms with E-state index in [4.69, 9.17) is 0 Å². The largest absolute Gasteiger partial charge is 0.508 e. The smallest absolute Gasteiger partial charge is 0.251 e. The maximum absolute atomic E-state index is 13.3. The van der Waals surface area contributed by atoms with Gasteiger partial charge in [0.15, 0.2) is 0 Å². The minimum Gasteiger partial charge on any atom is -0.508 e. The number of hydrogen-bond donors (Lipinski definition) is 6. The van der Waals surface area contributed by atoms with Crippen LogP contribution < -0.4 is 21.3 Å². The summed E-state index contributed by atoms with van der Waals surface area (Å²) in [5, 5.41) is 29.8. The number of benzene rings is 4. The van der Waals surface area contributed by atoms with Crippen molar-refractivity contribution in [1.29, 1.82) is 0 Å². The number of amides is 4. The first-order chi connectivity index (χ1) is 21.7. The van der Waals surface area contributed by atoms with Gasteiger partial charge in [0.1, 0.15) is 29.4 Å². The highest BCUT2D eigenvalue weighted by Crippen LogP contribution is 2.13. The van der Waals surface area contributed by atoms with Gasteiger partial charge in [-0.1, -0.05) is 54.6 Å². The molecule has 0 spiro atoms. The number of nitrogens with one attached hydrogen (secondary N) is 4. The molecule has 4 aromatic carbocycles. The Labute approximate surface area is 259 Å². The summed E-state index contributed by atoms with van der Waals surface area (Å²) < 4.78 is 13.3. The average Bonchev–Trinajstić information content (AvgIpc) is 3.04. The molecule has 0 aromatic heterocycles. The zero-order chi connectivity index (χ0) is 32.2. The van der Waals surface area contributed by atoms with E-state index in [9.17, 15) is 33.8 Å². The number of hydrogen-bond acceptors (Lipinski definition) is 6. The molecule has 10 nitrogen and oxygen atoms in total. The van der Waals surface area contributed by atoms with Crippen molar-refractivity contribution in [3.8, 4) is 11.5 Å². The third-order valence-corrected chi connectivity index (χ3v) is 6.87. The van der Waals surface area contributed by atoms with Gasteiger partial charge in [0.05, 0.1) is 6.54 Å². The summed E-state index contributed by atoms with van der Waals surface area (Å²) in [5.74, 6) is -2.81. The second-order valence-electron chi connectivity index (χ2n) is 10.3. The molecular formula is C34H33FN4O6. The number of halogens is 1. The fraction of sp³-hybridized carbons (Fsp3) is 0.176. The summed E-state index contributed by atoms with van der Waals surface area (Å²) in [6.07, 6.45) is 0.157. The van der Waals surface area contributed by atoms with Crippen molar-refractivity contribution in [1.82, 2.24) is 21.3 Å². The Morgan fingerprint density at radius 3 is 1.67 bits per heavy atom. The van der Waals surface area contributed by atoms with E-state index < -0.39 is 48.1 Å². The van der Waals surface area contributed by atoms with Gasteiger partial charge in [-0.05, 0) is 65.2 Å². The van der Waals surface area contributed by atoms with Gasteiger partial charge in [0.25, 0.3) is 5.91 Å². The molecule has 0 aliphatic carbocycles. The van der Waals surface area contributed by atoms with E-state index in [1.54, 1.807) is 24.3 Å². The molecule has 11 heteroatoms. The lowest BCUT2D eigenvalue weighted by Gasteiger charge is -2.21. The molecule has 0 heterocycles. The van der Waals surface area contributed by atoms with Crippen LogP contribution in [0.3, 0.4) is 0 Å². The Hall–Kier alpha value is -5.71. The molecule has 0 radical (unpaired) electrons. The van der Waals surface area contributed by atoms with Crippen LogP contribution in [0.2, 0.25) is 0 Å². The summed E-state index contributed by atoms with van der Waals surface area (Å²) in [4.78, 5) is 52.2. The predicted octanol–water partition coefficient (Wildman–Crippen LogP) is 2.74. The van der Waals surface area contributed by atoms with Crippen LogP contribution in [0.1, 0.15) is 27.0 Å². The number of carbonyl (C=O) groups is 4. The van der Waals surface area contributed by atoms with E-state index in [2.05, 4.69) is 21.3 Å². The highest BCUT2D eigenvalue weighted by atomic mass is 19.1. The van der Waals surface area contributed by atoms with Crippen LogP contribution in [-0.2, 0) is 33.8 Å². The fourth-order valence-electron chi connectivity index (χ4n) is 4.44. The number of aromatic hydroxyl groups is 2. The molecule has 6 N–H and O–H groups in total. The van der Waals surface area contributed by atoms with Crippen molar-refractivity contribution in [3.05, 3.63) is 131 Å². The molecule has 4 amide bonds. The Morgan fingerprint density at radius 1 is 0.600 bits per heavy atom. The maximum atomic E-state index is 13.3. The molecular weight excluding hydrogens is 579 g/mol. The first-order valence-corrected chi connectivity index (χ1v) is 14.2. The van der Waals surface area contributed by atoms with Crippen molar-refractivity contribution in [2.45, 2.75) is 31.5 Å². The standard InChI is InChI=1S/C34H33FN4O6/c35-26-12-10-25(11-13-26)32(43)39-30(19-23-8-16-28(41)17-9-23)34(45)37-21-31(42)38-29(18-22-6-14-27(40)15-7-22)33(44)36-20-24-4-2-1-3-5-24/h1-17,29-30,40-41H,18-21H2,(H,36,44)(H,37,45)(H,38,42)(H,39,43)/t29-,30-/m0/s1. The summed E-state index contributed by atoms with van der Waals surface area (Å²) >= 11 is 0. The van der Waals surface area contributed by atoms with Crippen molar-refractivity contribution >= 4 is 23.6 Å². The summed E-state index contributed by atoms with van der Waals surface area (Å²) in [5.41, 5.74) is 2.32. The number of phenols is 2. The number of rotatable bonds is 13. The van der Waals surface area contributed by atoms with Crippen LogP contribution in [0.15, 0.2) is 103 Å². The van der Waals surface area contributed by atoms with Gasteiger partial charge in [-0.3, -0.25) is 19.2 Å². The molecule has 0 unspecified atom stereocenters. The molecule has 0 aliphatic heterocycles. The lowest BCUT2D eigenvalue weighted by atomic mass is 10.0. The summed E-state index contributed by atoms with van der Waals surface area (Å²) in [7, 11) is 0. The van der Waals surface area contributed by atoms with Crippen LogP contribution in [0, 0.1) is 5.82 Å². The van der Waals surface area contributed by atoms with Gasteiger partial charge >= 0.3 is 0 Å². The number of phenolic OH excluding ortho intramolecular Hbond substituents is 2. The Morgan fingerprint density at radius 2 is 1.11 bits per heavy atom. The minimum absolute atomic E-state index is 0.0291. The molecule has 2 atom stereocenters. The second kappa shape index (κ2) is 15.7. The number of carbonyl (C=O) groups excluding carboxylic acids is 4. The lowest BCUT2D eigenvalue weighted by molar-refractivity contribution is -0.130. The SMILES string of the molecule is O=C(CNC(=O)[C@H](Cc1ccc(O)cc1)NC(=O)c1ccc(F)cc1)N[C@@H](Cc1ccc(O)cc1)C(=O)NCc1ccccc1. The highest BCUT2D eigenvalue weighted by molar-refractivity contribution is 5.98. The van der Waals surface area contributed by atoms with Gasteiger partial charge in [-0.25, -0.2) is 4.39 Å². The van der Waals surface area contributed by atoms with E-state index in [1.807, 2.05) is 30.3 Å². The molecule has 0 aliphatic rings. The van der Waals surface area contributed by atoms with Crippen molar-refractivity contribution < 1.29 is 33.8 Å². The quantitative estimate of drug-likeness (QED) is 0.136. The summed E-state index contributed by atoms with van der Waals surface area (Å²) in [6, 6.07) is 24.2. The maximum Gasteiger partial charge on any atom is 0.251 e. The molecule has 232 valence electrons. The summed E-state index contributed by atoms with van der Waals surface area (Å²) in [6.45, 7) is -0.250. The Balaban J connectivity index is 1.41. The van der Waals surface area contributed by atoms with E-state index in [0.29, 0.717) is 11.1 Å². The monoisotopic (exact) mass is 612 g/mol. The zero-order valence-electron chi connectivity index (χ0n) is 24.2. The minimum atomic E-state index is -1.12. The van der Waals surface area contributed by atoms with Gasteiger partial charge < -0.3 is 31.5 Å². The first kappa shape index (κ1) is 32.2. The van der Waals surface area contributed by atoms with Crippen LogP contribution >= 0.6 is 0 Å². The van der Waals surface area contributed by atoms with Crippen molar-refractivity contribution in [2.75, 3.05) is 6.54 Å². The van der Waals surface area contributed by atoms with Crippen LogP contribution in [0.5, 0.6) is 11.5 Å². The van der Waals surface area contributed by atoms with Gasteiger partial charge in [-0.15, -0.1) is 0 Å². The normalized spacial score (nSPS) is 11.9. The molecule has 0 saturated heterocycles. The topological polar surface area (TPSA) is 157 Å². The van der Waals surface area contributed by atoms with Gasteiger partial charge in [0, 0.05) is 24.9 Å². The second-order valence-corrected chi connectivity index (χ2v) is 10.3. The highest BCUT2D eigenvalue weighted by Gasteiger charge is 2.25. The molecule has 45 heavy (non-hydrogen) atoms. The zero-order valence-corrected chi connectivity index (χ0v) is 24.2. The fourth-order valence-corrected chi connectivity index (χ4v) is 4.44. The van der Waals surface area contributed by atoms with Gasteiger partial charge in [0.2, 0.25) is 17.7 Å². The van der Waals surface area contributed by atoms with E-state index >= 15 is 0 Å².